The average molecular weight is 357 g/mol. The Morgan fingerprint density at radius 3 is 2.80 bits per heavy atom. The maximum absolute atomic E-state index is 12.7. The fraction of sp³-hybridized carbons (Fsp3) is 0.444. The van der Waals surface area contributed by atoms with E-state index in [-0.39, 0.29) is 5.91 Å². The van der Waals surface area contributed by atoms with Crippen molar-refractivity contribution < 1.29 is 14.1 Å². The Balaban J connectivity index is 1.73. The van der Waals surface area contributed by atoms with Gasteiger partial charge in [0.05, 0.1) is 5.56 Å². The second-order valence-corrected chi connectivity index (χ2v) is 7.60. The Morgan fingerprint density at radius 1 is 1.20 bits per heavy atom. The van der Waals surface area contributed by atoms with Gasteiger partial charge in [-0.1, -0.05) is 5.16 Å². The van der Waals surface area contributed by atoms with Crippen LogP contribution in [-0.2, 0) is 22.4 Å². The lowest BCUT2D eigenvalue weighted by atomic mass is 9.95. The Kier molecular flexibility index (Phi) is 4.25. The highest BCUT2D eigenvalue weighted by molar-refractivity contribution is 7.17. The predicted octanol–water partition coefficient (Wildman–Crippen LogP) is 3.60. The number of nitrogens with one attached hydrogen (secondary N) is 1. The van der Waals surface area contributed by atoms with Gasteiger partial charge in [-0.3, -0.25) is 9.59 Å². The van der Waals surface area contributed by atoms with Crippen molar-refractivity contribution in [1.29, 1.82) is 0 Å². The van der Waals surface area contributed by atoms with Gasteiger partial charge in [-0.25, -0.2) is 0 Å². The van der Waals surface area contributed by atoms with Crippen LogP contribution in [0.2, 0.25) is 0 Å². The van der Waals surface area contributed by atoms with Gasteiger partial charge in [0.25, 0.3) is 11.8 Å². The number of fused-ring (bicyclic) bond motifs is 1. The van der Waals surface area contributed by atoms with Crippen molar-refractivity contribution in [3.63, 3.8) is 0 Å². The van der Waals surface area contributed by atoms with Gasteiger partial charge in [0, 0.05) is 16.0 Å². The zero-order valence-corrected chi connectivity index (χ0v) is 14.9. The first kappa shape index (κ1) is 16.2. The molecule has 2 aliphatic carbocycles. The van der Waals surface area contributed by atoms with E-state index in [0.717, 1.165) is 49.0 Å². The lowest BCUT2D eigenvalue weighted by molar-refractivity contribution is -0.113. The van der Waals surface area contributed by atoms with Crippen LogP contribution in [0.1, 0.15) is 48.4 Å². The standard InChI is InChI=1S/C18H19N3O3S/c1-10-19-17(24-21-10)15-13-6-2-3-8-14(13)25-18(15)20-16(23)12-7-4-5-11(12)9-22/h9H,2-8H2,1H3,(H,20,23). The number of thiophene rings is 1. The quantitative estimate of drug-likeness (QED) is 0.845. The van der Waals surface area contributed by atoms with E-state index in [4.69, 9.17) is 4.52 Å². The maximum atomic E-state index is 12.7. The molecule has 0 atom stereocenters. The molecule has 0 saturated heterocycles. The van der Waals surface area contributed by atoms with Crippen molar-refractivity contribution in [1.82, 2.24) is 10.1 Å². The number of amides is 1. The van der Waals surface area contributed by atoms with E-state index < -0.39 is 0 Å². The summed E-state index contributed by atoms with van der Waals surface area (Å²) in [6.45, 7) is 1.78. The Bertz CT molecular complexity index is 878. The molecule has 2 heterocycles. The minimum absolute atomic E-state index is 0.185. The van der Waals surface area contributed by atoms with Crippen molar-refractivity contribution in [3.8, 4) is 11.5 Å². The normalized spacial score (nSPS) is 16.8. The Morgan fingerprint density at radius 2 is 2.04 bits per heavy atom. The van der Waals surface area contributed by atoms with Crippen LogP contribution in [0.25, 0.3) is 11.5 Å². The Hall–Kier alpha value is -2.28. The number of carbonyl (C=O) groups excluding carboxylic acids is 2. The SMILES string of the molecule is Cc1noc(-c2c(NC(=O)C3=C(C=O)CCC3)sc3c2CCCC3)n1. The summed E-state index contributed by atoms with van der Waals surface area (Å²) in [4.78, 5) is 29.5. The molecule has 0 aliphatic heterocycles. The smallest absolute Gasteiger partial charge is 0.261 e. The monoisotopic (exact) mass is 357 g/mol. The Labute approximate surface area is 149 Å². The summed E-state index contributed by atoms with van der Waals surface area (Å²) in [7, 11) is 0. The average Bonchev–Trinajstić information content (AvgIpc) is 3.31. The van der Waals surface area contributed by atoms with E-state index in [1.807, 2.05) is 0 Å². The largest absolute Gasteiger partial charge is 0.334 e. The number of hydrogen-bond acceptors (Lipinski definition) is 6. The molecule has 130 valence electrons. The molecule has 6 nitrogen and oxygen atoms in total. The molecule has 1 N–H and O–H groups in total. The predicted molar refractivity (Wildman–Crippen MR) is 94.6 cm³/mol. The summed E-state index contributed by atoms with van der Waals surface area (Å²) in [5, 5.41) is 7.67. The summed E-state index contributed by atoms with van der Waals surface area (Å²) in [5.74, 6) is 0.851. The molecule has 1 amide bonds. The molecular weight excluding hydrogens is 338 g/mol. The van der Waals surface area contributed by atoms with Crippen molar-refractivity contribution in [2.24, 2.45) is 0 Å². The summed E-state index contributed by atoms with van der Waals surface area (Å²) in [6, 6.07) is 0. The van der Waals surface area contributed by atoms with Gasteiger partial charge in [0.15, 0.2) is 5.82 Å². The van der Waals surface area contributed by atoms with Crippen LogP contribution in [0.5, 0.6) is 0 Å². The molecule has 2 aromatic rings. The number of aldehydes is 1. The van der Waals surface area contributed by atoms with E-state index in [9.17, 15) is 9.59 Å². The maximum Gasteiger partial charge on any atom is 0.261 e. The fourth-order valence-corrected chi connectivity index (χ4v) is 4.89. The number of nitrogens with zero attached hydrogens (tertiary/aromatic N) is 2. The topological polar surface area (TPSA) is 85.1 Å². The molecule has 2 aliphatic rings. The highest BCUT2D eigenvalue weighted by Gasteiger charge is 2.28. The summed E-state index contributed by atoms with van der Waals surface area (Å²) in [6.07, 6.45) is 7.25. The number of aryl methyl sites for hydroxylation is 2. The lowest BCUT2D eigenvalue weighted by Crippen LogP contribution is -2.14. The van der Waals surface area contributed by atoms with Crippen LogP contribution in [0.15, 0.2) is 15.7 Å². The third-order valence-electron chi connectivity index (χ3n) is 4.82. The van der Waals surface area contributed by atoms with Crippen molar-refractivity contribution >= 4 is 28.5 Å². The first-order valence-corrected chi connectivity index (χ1v) is 9.42. The van der Waals surface area contributed by atoms with E-state index in [1.165, 1.54) is 10.4 Å². The van der Waals surface area contributed by atoms with Crippen LogP contribution in [0, 0.1) is 6.92 Å². The van der Waals surface area contributed by atoms with Gasteiger partial charge in [-0.2, -0.15) is 4.98 Å². The highest BCUT2D eigenvalue weighted by Crippen LogP contribution is 2.44. The van der Waals surface area contributed by atoms with Crippen LogP contribution in [-0.4, -0.2) is 22.3 Å². The zero-order chi connectivity index (χ0) is 17.4. The number of aromatic nitrogens is 2. The molecule has 0 spiro atoms. The molecule has 0 fully saturated rings. The molecule has 7 heteroatoms. The molecule has 25 heavy (non-hydrogen) atoms. The number of allylic oxidation sites excluding steroid dienone is 1. The van der Waals surface area contributed by atoms with E-state index in [0.29, 0.717) is 35.7 Å². The number of anilines is 1. The second kappa shape index (κ2) is 6.55. The molecule has 2 aromatic heterocycles. The summed E-state index contributed by atoms with van der Waals surface area (Å²) < 4.78 is 5.39. The molecule has 0 bridgehead atoms. The summed E-state index contributed by atoms with van der Waals surface area (Å²) >= 11 is 1.59. The molecule has 4 rings (SSSR count). The number of hydrogen-bond donors (Lipinski definition) is 1. The lowest BCUT2D eigenvalue weighted by Gasteiger charge is -2.11. The summed E-state index contributed by atoms with van der Waals surface area (Å²) in [5.41, 5.74) is 3.30. The number of rotatable bonds is 4. The molecule has 0 unspecified atom stereocenters. The number of carbonyl (C=O) groups is 2. The third-order valence-corrected chi connectivity index (χ3v) is 6.02. The minimum atomic E-state index is -0.185. The fourth-order valence-electron chi connectivity index (χ4n) is 3.61. The van der Waals surface area contributed by atoms with Gasteiger partial charge in [-0.05, 0) is 57.4 Å². The molecular formula is C18H19N3O3S. The van der Waals surface area contributed by atoms with Gasteiger partial charge in [-0.15, -0.1) is 11.3 Å². The van der Waals surface area contributed by atoms with Gasteiger partial charge in [0.2, 0.25) is 0 Å². The van der Waals surface area contributed by atoms with Crippen LogP contribution in [0.3, 0.4) is 0 Å². The van der Waals surface area contributed by atoms with Crippen LogP contribution < -0.4 is 5.32 Å². The molecule has 0 radical (unpaired) electrons. The van der Waals surface area contributed by atoms with Crippen LogP contribution in [0.4, 0.5) is 5.00 Å². The highest BCUT2D eigenvalue weighted by atomic mass is 32.1. The van der Waals surface area contributed by atoms with Crippen molar-refractivity contribution in [3.05, 3.63) is 27.4 Å². The van der Waals surface area contributed by atoms with Gasteiger partial charge in [0.1, 0.15) is 11.3 Å². The van der Waals surface area contributed by atoms with Gasteiger partial charge >= 0.3 is 0 Å². The minimum Gasteiger partial charge on any atom is -0.334 e. The molecule has 0 aromatic carbocycles. The van der Waals surface area contributed by atoms with Crippen molar-refractivity contribution in [2.45, 2.75) is 51.9 Å². The van der Waals surface area contributed by atoms with E-state index in [1.54, 1.807) is 18.3 Å². The first-order chi connectivity index (χ1) is 12.2. The third kappa shape index (κ3) is 2.93. The van der Waals surface area contributed by atoms with Crippen LogP contribution >= 0.6 is 11.3 Å². The van der Waals surface area contributed by atoms with E-state index >= 15 is 0 Å². The molecule has 0 saturated carbocycles. The van der Waals surface area contributed by atoms with Crippen molar-refractivity contribution in [2.75, 3.05) is 5.32 Å². The van der Waals surface area contributed by atoms with Gasteiger partial charge < -0.3 is 9.84 Å². The zero-order valence-electron chi connectivity index (χ0n) is 14.1. The van der Waals surface area contributed by atoms with E-state index in [2.05, 4.69) is 15.5 Å². The first-order valence-electron chi connectivity index (χ1n) is 8.61. The second-order valence-electron chi connectivity index (χ2n) is 6.49.